The van der Waals surface area contributed by atoms with Gasteiger partial charge in [-0.1, -0.05) is 34.6 Å². The molecule has 0 N–H and O–H groups in total. The summed E-state index contributed by atoms with van der Waals surface area (Å²) in [6, 6.07) is 0.763. The molecule has 0 rings (SSSR count). The van der Waals surface area contributed by atoms with Crippen LogP contribution in [0.5, 0.6) is 0 Å². The molecular weight excluding hydrogens is 158 g/mol. The van der Waals surface area contributed by atoms with Gasteiger partial charge in [0.2, 0.25) is 0 Å². The quantitative estimate of drug-likeness (QED) is 0.613. The lowest BCUT2D eigenvalue weighted by Gasteiger charge is -2.30. The van der Waals surface area contributed by atoms with E-state index in [1.807, 2.05) is 0 Å². The molecule has 0 bridgehead atoms. The summed E-state index contributed by atoms with van der Waals surface area (Å²) in [5.41, 5.74) is 0. The van der Waals surface area contributed by atoms with Gasteiger partial charge in [-0.15, -0.1) is 0 Å². The van der Waals surface area contributed by atoms with E-state index in [2.05, 4.69) is 46.6 Å². The summed E-state index contributed by atoms with van der Waals surface area (Å²) < 4.78 is 0. The molecule has 0 aliphatic carbocycles. The molecule has 0 fully saturated rings. The SMILES string of the molecule is CCC(C(C)C)N(C)CCC(C)C. The largest absolute Gasteiger partial charge is 0.303 e. The molecule has 0 amide bonds. The van der Waals surface area contributed by atoms with E-state index in [4.69, 9.17) is 0 Å². The first-order valence-electron chi connectivity index (χ1n) is 5.69. The van der Waals surface area contributed by atoms with Crippen molar-refractivity contribution in [2.45, 2.75) is 53.5 Å². The molecule has 0 aliphatic heterocycles. The second kappa shape index (κ2) is 6.42. The van der Waals surface area contributed by atoms with Gasteiger partial charge in [0.1, 0.15) is 0 Å². The van der Waals surface area contributed by atoms with E-state index in [1.54, 1.807) is 0 Å². The summed E-state index contributed by atoms with van der Waals surface area (Å²) in [4.78, 5) is 2.52. The molecule has 1 nitrogen and oxygen atoms in total. The summed E-state index contributed by atoms with van der Waals surface area (Å²) >= 11 is 0. The van der Waals surface area contributed by atoms with Crippen LogP contribution in [0, 0.1) is 11.8 Å². The number of hydrogen-bond donors (Lipinski definition) is 0. The van der Waals surface area contributed by atoms with Gasteiger partial charge in [0.15, 0.2) is 0 Å². The van der Waals surface area contributed by atoms with Crippen molar-refractivity contribution >= 4 is 0 Å². The lowest BCUT2D eigenvalue weighted by Crippen LogP contribution is -2.36. The Morgan fingerprint density at radius 3 is 1.92 bits per heavy atom. The third-order valence-electron chi connectivity index (χ3n) is 2.81. The summed E-state index contributed by atoms with van der Waals surface area (Å²) in [5, 5.41) is 0. The Balaban J connectivity index is 3.84. The molecule has 1 unspecified atom stereocenters. The van der Waals surface area contributed by atoms with Crippen molar-refractivity contribution in [2.75, 3.05) is 13.6 Å². The van der Waals surface area contributed by atoms with Crippen LogP contribution < -0.4 is 0 Å². The molecule has 1 heteroatoms. The maximum atomic E-state index is 2.52. The van der Waals surface area contributed by atoms with Gasteiger partial charge < -0.3 is 4.90 Å². The molecule has 13 heavy (non-hydrogen) atoms. The van der Waals surface area contributed by atoms with Crippen LogP contribution in [0.4, 0.5) is 0 Å². The third-order valence-corrected chi connectivity index (χ3v) is 2.81. The minimum absolute atomic E-state index is 0.763. The maximum absolute atomic E-state index is 2.52. The van der Waals surface area contributed by atoms with Crippen molar-refractivity contribution < 1.29 is 0 Å². The van der Waals surface area contributed by atoms with Crippen molar-refractivity contribution in [1.29, 1.82) is 0 Å². The molecule has 0 saturated heterocycles. The van der Waals surface area contributed by atoms with Crippen molar-refractivity contribution in [3.63, 3.8) is 0 Å². The average molecular weight is 185 g/mol. The number of rotatable bonds is 6. The normalized spacial score (nSPS) is 14.5. The van der Waals surface area contributed by atoms with E-state index in [9.17, 15) is 0 Å². The van der Waals surface area contributed by atoms with E-state index in [1.165, 1.54) is 19.4 Å². The topological polar surface area (TPSA) is 3.24 Å². The van der Waals surface area contributed by atoms with Crippen LogP contribution in [0.3, 0.4) is 0 Å². The molecule has 0 aromatic heterocycles. The first kappa shape index (κ1) is 13.0. The minimum Gasteiger partial charge on any atom is -0.303 e. The monoisotopic (exact) mass is 185 g/mol. The molecule has 0 spiro atoms. The van der Waals surface area contributed by atoms with Crippen molar-refractivity contribution in [2.24, 2.45) is 11.8 Å². The van der Waals surface area contributed by atoms with Gasteiger partial charge in [-0.25, -0.2) is 0 Å². The molecule has 0 aromatic carbocycles. The molecule has 80 valence electrons. The fourth-order valence-corrected chi connectivity index (χ4v) is 1.92. The van der Waals surface area contributed by atoms with Gasteiger partial charge in [-0.2, -0.15) is 0 Å². The maximum Gasteiger partial charge on any atom is 0.0113 e. The van der Waals surface area contributed by atoms with Crippen molar-refractivity contribution in [1.82, 2.24) is 4.90 Å². The summed E-state index contributed by atoms with van der Waals surface area (Å²) in [7, 11) is 2.26. The minimum atomic E-state index is 0.763. The van der Waals surface area contributed by atoms with Crippen molar-refractivity contribution in [3.05, 3.63) is 0 Å². The van der Waals surface area contributed by atoms with Crippen LogP contribution in [-0.4, -0.2) is 24.5 Å². The van der Waals surface area contributed by atoms with Gasteiger partial charge >= 0.3 is 0 Å². The highest BCUT2D eigenvalue weighted by Gasteiger charge is 2.15. The van der Waals surface area contributed by atoms with Crippen LogP contribution in [0.25, 0.3) is 0 Å². The number of hydrogen-bond acceptors (Lipinski definition) is 1. The Hall–Kier alpha value is -0.0400. The van der Waals surface area contributed by atoms with Crippen LogP contribution in [0.15, 0.2) is 0 Å². The highest BCUT2D eigenvalue weighted by Crippen LogP contribution is 2.14. The smallest absolute Gasteiger partial charge is 0.0113 e. The van der Waals surface area contributed by atoms with E-state index >= 15 is 0 Å². The van der Waals surface area contributed by atoms with Crippen LogP contribution >= 0.6 is 0 Å². The zero-order valence-electron chi connectivity index (χ0n) is 10.3. The fraction of sp³-hybridized carbons (Fsp3) is 1.00. The predicted molar refractivity (Wildman–Crippen MR) is 61.0 cm³/mol. The molecule has 1 atom stereocenters. The first-order chi connectivity index (χ1) is 5.99. The summed E-state index contributed by atoms with van der Waals surface area (Å²) in [5.74, 6) is 1.61. The van der Waals surface area contributed by atoms with Gasteiger partial charge in [0.25, 0.3) is 0 Å². The molecule has 0 heterocycles. The molecule has 0 radical (unpaired) electrons. The Labute approximate surface area is 84.5 Å². The molecule has 0 saturated carbocycles. The van der Waals surface area contributed by atoms with Crippen molar-refractivity contribution in [3.8, 4) is 0 Å². The van der Waals surface area contributed by atoms with Crippen LogP contribution in [-0.2, 0) is 0 Å². The van der Waals surface area contributed by atoms with E-state index in [0.29, 0.717) is 0 Å². The summed E-state index contributed by atoms with van der Waals surface area (Å²) in [6.45, 7) is 12.8. The Morgan fingerprint density at radius 2 is 1.62 bits per heavy atom. The number of nitrogens with zero attached hydrogens (tertiary/aromatic N) is 1. The zero-order valence-corrected chi connectivity index (χ0v) is 10.3. The standard InChI is InChI=1S/C12H27N/c1-7-12(11(4)5)13(6)9-8-10(2)3/h10-12H,7-9H2,1-6H3. The molecule has 0 aliphatic rings. The lowest BCUT2D eigenvalue weighted by atomic mass is 9.99. The van der Waals surface area contributed by atoms with E-state index in [0.717, 1.165) is 17.9 Å². The second-order valence-electron chi connectivity index (χ2n) is 4.88. The summed E-state index contributed by atoms with van der Waals surface area (Å²) in [6.07, 6.45) is 2.59. The Morgan fingerprint density at radius 1 is 1.08 bits per heavy atom. The fourth-order valence-electron chi connectivity index (χ4n) is 1.92. The first-order valence-corrected chi connectivity index (χ1v) is 5.69. The van der Waals surface area contributed by atoms with Gasteiger partial charge in [0.05, 0.1) is 0 Å². The second-order valence-corrected chi connectivity index (χ2v) is 4.88. The van der Waals surface area contributed by atoms with Gasteiger partial charge in [-0.3, -0.25) is 0 Å². The molecular formula is C12H27N. The van der Waals surface area contributed by atoms with Crippen LogP contribution in [0.2, 0.25) is 0 Å². The zero-order chi connectivity index (χ0) is 10.4. The Kier molecular flexibility index (Phi) is 6.40. The average Bonchev–Trinajstić information content (AvgIpc) is 2.01. The Bertz CT molecular complexity index is 118. The molecule has 0 aromatic rings. The third kappa shape index (κ3) is 5.30. The lowest BCUT2D eigenvalue weighted by molar-refractivity contribution is 0.178. The van der Waals surface area contributed by atoms with E-state index in [-0.39, 0.29) is 0 Å². The van der Waals surface area contributed by atoms with E-state index < -0.39 is 0 Å². The van der Waals surface area contributed by atoms with Gasteiger partial charge in [0, 0.05) is 6.04 Å². The highest BCUT2D eigenvalue weighted by molar-refractivity contribution is 4.70. The van der Waals surface area contributed by atoms with Gasteiger partial charge in [-0.05, 0) is 38.3 Å². The van der Waals surface area contributed by atoms with Crippen LogP contribution in [0.1, 0.15) is 47.5 Å². The highest BCUT2D eigenvalue weighted by atomic mass is 15.1. The predicted octanol–water partition coefficient (Wildman–Crippen LogP) is 3.40.